The maximum Gasteiger partial charge on any atom is 0.343 e. The Morgan fingerprint density at radius 1 is 1.38 bits per heavy atom. The summed E-state index contributed by atoms with van der Waals surface area (Å²) in [6.45, 7) is 7.82. The molecule has 0 bridgehead atoms. The molecule has 21 heavy (non-hydrogen) atoms. The Morgan fingerprint density at radius 2 is 2.00 bits per heavy atom. The molecule has 1 heterocycles. The van der Waals surface area contributed by atoms with Crippen LogP contribution in [0.1, 0.15) is 60.6 Å². The fourth-order valence-electron chi connectivity index (χ4n) is 2.16. The number of nitrogens with one attached hydrogen (secondary N) is 1. The monoisotopic (exact) mass is 312 g/mol. The number of nitrogens with two attached hydrogens (primary N) is 1. The zero-order valence-corrected chi connectivity index (χ0v) is 14.1. The van der Waals surface area contributed by atoms with Crippen molar-refractivity contribution in [2.45, 2.75) is 46.6 Å². The van der Waals surface area contributed by atoms with Gasteiger partial charge in [-0.2, -0.15) is 0 Å². The summed E-state index contributed by atoms with van der Waals surface area (Å²) >= 11 is 1.21. The molecule has 0 radical (unpaired) electrons. The molecule has 1 aromatic rings. The van der Waals surface area contributed by atoms with Gasteiger partial charge in [-0.3, -0.25) is 4.79 Å². The zero-order chi connectivity index (χ0) is 16.2. The number of methoxy groups -OCH3 is 1. The highest BCUT2D eigenvalue weighted by atomic mass is 32.1. The molecule has 1 aromatic heterocycles. The second kappa shape index (κ2) is 7.45. The molecule has 2 atom stereocenters. The predicted octanol–water partition coefficient (Wildman–Crippen LogP) is 3.56. The van der Waals surface area contributed by atoms with Crippen LogP contribution in [0.2, 0.25) is 0 Å². The highest BCUT2D eigenvalue weighted by molar-refractivity contribution is 7.19. The molecule has 0 aromatic carbocycles. The number of anilines is 2. The van der Waals surface area contributed by atoms with Crippen molar-refractivity contribution in [1.82, 2.24) is 0 Å². The van der Waals surface area contributed by atoms with Crippen LogP contribution in [0.5, 0.6) is 0 Å². The van der Waals surface area contributed by atoms with Gasteiger partial charge in [0.05, 0.1) is 17.7 Å². The van der Waals surface area contributed by atoms with Gasteiger partial charge < -0.3 is 15.8 Å². The first-order valence-electron chi connectivity index (χ1n) is 7.09. The maximum atomic E-state index is 11.9. The summed E-state index contributed by atoms with van der Waals surface area (Å²) in [5.74, 6) is -0.0848. The molecule has 1 rings (SSSR count). The van der Waals surface area contributed by atoms with Crippen LogP contribution in [-0.4, -0.2) is 24.9 Å². The molecule has 0 spiro atoms. The number of esters is 1. The van der Waals surface area contributed by atoms with E-state index in [2.05, 4.69) is 26.1 Å². The molecule has 0 saturated heterocycles. The van der Waals surface area contributed by atoms with Crippen molar-refractivity contribution in [2.24, 2.45) is 5.92 Å². The zero-order valence-electron chi connectivity index (χ0n) is 13.3. The van der Waals surface area contributed by atoms with Crippen molar-refractivity contribution in [3.8, 4) is 0 Å². The molecule has 0 aliphatic carbocycles. The number of ketones is 1. The van der Waals surface area contributed by atoms with E-state index in [-0.39, 0.29) is 23.1 Å². The molecule has 2 unspecified atom stereocenters. The van der Waals surface area contributed by atoms with Crippen molar-refractivity contribution in [1.29, 1.82) is 0 Å². The van der Waals surface area contributed by atoms with Crippen LogP contribution in [0.25, 0.3) is 0 Å². The van der Waals surface area contributed by atoms with Gasteiger partial charge in [-0.05, 0) is 19.3 Å². The standard InChI is InChI=1S/C15H24N2O3S/c1-6-8(2)7-9(3)17-14-11(15(19)20-5)12(16)13(21-14)10(4)18/h8-9,17H,6-7,16H2,1-5H3. The van der Waals surface area contributed by atoms with Gasteiger partial charge in [-0.15, -0.1) is 11.3 Å². The van der Waals surface area contributed by atoms with Crippen LogP contribution in [0.4, 0.5) is 10.7 Å². The minimum absolute atomic E-state index is 0.148. The fourth-order valence-corrected chi connectivity index (χ4v) is 3.28. The number of nitrogen functional groups attached to an aromatic ring is 1. The smallest absolute Gasteiger partial charge is 0.343 e. The molecule has 0 aliphatic rings. The van der Waals surface area contributed by atoms with Gasteiger partial charge in [0, 0.05) is 13.0 Å². The maximum absolute atomic E-state index is 11.9. The molecule has 0 fully saturated rings. The molecular formula is C15H24N2O3S. The summed E-state index contributed by atoms with van der Waals surface area (Å²) in [4.78, 5) is 23.9. The van der Waals surface area contributed by atoms with Crippen LogP contribution >= 0.6 is 11.3 Å². The molecular weight excluding hydrogens is 288 g/mol. The van der Waals surface area contributed by atoms with E-state index in [1.165, 1.54) is 25.4 Å². The van der Waals surface area contributed by atoms with E-state index in [1.54, 1.807) is 0 Å². The quantitative estimate of drug-likeness (QED) is 0.594. The van der Waals surface area contributed by atoms with Crippen LogP contribution in [0.15, 0.2) is 0 Å². The molecule has 3 N–H and O–H groups in total. The first-order chi connectivity index (χ1) is 9.81. The van der Waals surface area contributed by atoms with E-state index >= 15 is 0 Å². The second-order valence-electron chi connectivity index (χ2n) is 5.39. The molecule has 0 amide bonds. The number of hydrogen-bond donors (Lipinski definition) is 2. The van der Waals surface area contributed by atoms with Crippen LogP contribution in [-0.2, 0) is 4.74 Å². The first-order valence-corrected chi connectivity index (χ1v) is 7.91. The molecule has 118 valence electrons. The van der Waals surface area contributed by atoms with Crippen molar-refractivity contribution < 1.29 is 14.3 Å². The number of carbonyl (C=O) groups excluding carboxylic acids is 2. The predicted molar refractivity (Wildman–Crippen MR) is 87.2 cm³/mol. The lowest BCUT2D eigenvalue weighted by Gasteiger charge is -2.18. The largest absolute Gasteiger partial charge is 0.465 e. The third kappa shape index (κ3) is 4.20. The number of hydrogen-bond acceptors (Lipinski definition) is 6. The lowest BCUT2D eigenvalue weighted by atomic mass is 10.0. The third-order valence-electron chi connectivity index (χ3n) is 3.48. The topological polar surface area (TPSA) is 81.4 Å². The summed E-state index contributed by atoms with van der Waals surface area (Å²) < 4.78 is 4.77. The second-order valence-corrected chi connectivity index (χ2v) is 6.41. The molecule has 0 saturated carbocycles. The highest BCUT2D eigenvalue weighted by Crippen LogP contribution is 2.37. The lowest BCUT2D eigenvalue weighted by Crippen LogP contribution is -2.19. The van der Waals surface area contributed by atoms with E-state index < -0.39 is 5.97 Å². The number of carbonyl (C=O) groups is 2. The number of rotatable bonds is 7. The van der Waals surface area contributed by atoms with Gasteiger partial charge in [0.1, 0.15) is 10.6 Å². The van der Waals surface area contributed by atoms with Crippen molar-refractivity contribution >= 4 is 33.8 Å². The highest BCUT2D eigenvalue weighted by Gasteiger charge is 2.25. The van der Waals surface area contributed by atoms with Gasteiger partial charge in [-0.1, -0.05) is 20.3 Å². The van der Waals surface area contributed by atoms with Gasteiger partial charge in [0.25, 0.3) is 0 Å². The summed E-state index contributed by atoms with van der Waals surface area (Å²) in [7, 11) is 1.30. The minimum Gasteiger partial charge on any atom is -0.465 e. The minimum atomic E-state index is -0.519. The van der Waals surface area contributed by atoms with Crippen molar-refractivity contribution in [2.75, 3.05) is 18.2 Å². The Hall–Kier alpha value is -1.56. The van der Waals surface area contributed by atoms with Gasteiger partial charge in [-0.25, -0.2) is 4.79 Å². The van der Waals surface area contributed by atoms with Gasteiger partial charge in [0.15, 0.2) is 5.78 Å². The molecule has 5 nitrogen and oxygen atoms in total. The first kappa shape index (κ1) is 17.5. The summed E-state index contributed by atoms with van der Waals surface area (Å²) in [6, 6.07) is 0.182. The lowest BCUT2D eigenvalue weighted by molar-refractivity contribution is 0.0603. The number of Topliss-reactive ketones (excluding diaryl/α,β-unsaturated/α-hetero) is 1. The van der Waals surface area contributed by atoms with Crippen LogP contribution in [0.3, 0.4) is 0 Å². The SMILES string of the molecule is CCC(C)CC(C)Nc1sc(C(C)=O)c(N)c1C(=O)OC. The Bertz CT molecular complexity index is 525. The third-order valence-corrected chi connectivity index (χ3v) is 4.72. The summed E-state index contributed by atoms with van der Waals surface area (Å²) in [6.07, 6.45) is 2.07. The van der Waals surface area contributed by atoms with Crippen molar-refractivity contribution in [3.05, 3.63) is 10.4 Å². The number of ether oxygens (including phenoxy) is 1. The van der Waals surface area contributed by atoms with Gasteiger partial charge in [0.2, 0.25) is 0 Å². The average Bonchev–Trinajstić information content (AvgIpc) is 2.74. The average molecular weight is 312 g/mol. The fraction of sp³-hybridized carbons (Fsp3) is 0.600. The van der Waals surface area contributed by atoms with Gasteiger partial charge >= 0.3 is 5.97 Å². The molecule has 6 heteroatoms. The van der Waals surface area contributed by atoms with Crippen LogP contribution in [0, 0.1) is 5.92 Å². The Kier molecular flexibility index (Phi) is 6.20. The molecule has 0 aliphatic heterocycles. The Labute approximate surface area is 129 Å². The van der Waals surface area contributed by atoms with Crippen LogP contribution < -0.4 is 11.1 Å². The normalized spacial score (nSPS) is 13.6. The van der Waals surface area contributed by atoms with E-state index in [0.717, 1.165) is 12.8 Å². The van der Waals surface area contributed by atoms with Crippen molar-refractivity contribution in [3.63, 3.8) is 0 Å². The Morgan fingerprint density at radius 3 is 2.48 bits per heavy atom. The van der Waals surface area contributed by atoms with E-state index in [1.807, 2.05) is 0 Å². The van der Waals surface area contributed by atoms with E-state index in [9.17, 15) is 9.59 Å². The summed E-state index contributed by atoms with van der Waals surface area (Å²) in [5.41, 5.74) is 6.41. The summed E-state index contributed by atoms with van der Waals surface area (Å²) in [5, 5.41) is 3.90. The number of thiophene rings is 1. The Balaban J connectivity index is 3.07. The van der Waals surface area contributed by atoms with E-state index in [4.69, 9.17) is 10.5 Å². The van der Waals surface area contributed by atoms with E-state index in [0.29, 0.717) is 15.8 Å².